The van der Waals surface area contributed by atoms with Crippen LogP contribution in [0.3, 0.4) is 0 Å². The lowest BCUT2D eigenvalue weighted by atomic mass is 10.1. The van der Waals surface area contributed by atoms with Gasteiger partial charge in [-0.15, -0.1) is 0 Å². The first kappa shape index (κ1) is 15.0. The van der Waals surface area contributed by atoms with E-state index in [1.165, 1.54) is 0 Å². The highest BCUT2D eigenvalue weighted by Crippen LogP contribution is 2.28. The van der Waals surface area contributed by atoms with Gasteiger partial charge in [0.25, 0.3) is 0 Å². The van der Waals surface area contributed by atoms with Crippen LogP contribution in [0.25, 0.3) is 0 Å². The van der Waals surface area contributed by atoms with Crippen LogP contribution in [0.15, 0.2) is 18.2 Å². The van der Waals surface area contributed by atoms with Crippen LogP contribution in [-0.4, -0.2) is 32.9 Å². The van der Waals surface area contributed by atoms with E-state index in [0.29, 0.717) is 12.3 Å². The summed E-state index contributed by atoms with van der Waals surface area (Å²) in [4.78, 5) is 0. The maximum absolute atomic E-state index is 9.89. The summed E-state index contributed by atoms with van der Waals surface area (Å²) in [5.74, 6) is 1.41. The molecule has 0 amide bonds. The third-order valence-corrected chi connectivity index (χ3v) is 2.25. The second-order valence-corrected chi connectivity index (χ2v) is 3.27. The normalized spacial score (nSPS) is 11.5. The van der Waals surface area contributed by atoms with E-state index < -0.39 is 6.10 Å². The highest BCUT2D eigenvalue weighted by atomic mass is 35.5. The molecule has 0 spiro atoms. The van der Waals surface area contributed by atoms with Crippen molar-refractivity contribution in [2.24, 2.45) is 0 Å². The number of benzene rings is 1. The molecule has 0 saturated heterocycles. The Morgan fingerprint density at radius 3 is 2.50 bits per heavy atom. The van der Waals surface area contributed by atoms with Crippen LogP contribution in [-0.2, 0) is 0 Å². The first-order valence-electron chi connectivity index (χ1n) is 4.90. The third kappa shape index (κ3) is 3.56. The van der Waals surface area contributed by atoms with E-state index in [1.54, 1.807) is 26.4 Å². The van der Waals surface area contributed by atoms with Crippen molar-refractivity contribution in [3.8, 4) is 11.5 Å². The van der Waals surface area contributed by atoms with Crippen molar-refractivity contribution in [2.75, 3.05) is 27.8 Å². The van der Waals surface area contributed by atoms with Gasteiger partial charge in [-0.2, -0.15) is 0 Å². The lowest BCUT2D eigenvalue weighted by molar-refractivity contribution is -0.634. The fourth-order valence-electron chi connectivity index (χ4n) is 1.45. The molecule has 4 nitrogen and oxygen atoms in total. The summed E-state index contributed by atoms with van der Waals surface area (Å²) in [7, 11) is 5.10. The zero-order valence-electron chi connectivity index (χ0n) is 9.74. The van der Waals surface area contributed by atoms with Crippen LogP contribution in [0.5, 0.6) is 11.5 Å². The molecule has 0 aromatic heterocycles. The summed E-state index contributed by atoms with van der Waals surface area (Å²) in [6, 6.07) is 5.41. The molecule has 1 aromatic carbocycles. The molecule has 1 rings (SSSR count). The minimum absolute atomic E-state index is 0. The van der Waals surface area contributed by atoms with Crippen LogP contribution in [0.1, 0.15) is 11.7 Å². The lowest BCUT2D eigenvalue weighted by Crippen LogP contribution is -3.00. The minimum Gasteiger partial charge on any atom is -1.00 e. The number of hydrogen-bond acceptors (Lipinski definition) is 3. The molecule has 1 aromatic rings. The number of hydrogen-bond donors (Lipinski definition) is 2. The predicted molar refractivity (Wildman–Crippen MR) is 57.2 cm³/mol. The van der Waals surface area contributed by atoms with Gasteiger partial charge in [0.15, 0.2) is 0 Å². The van der Waals surface area contributed by atoms with Gasteiger partial charge in [-0.1, -0.05) is 0 Å². The molecule has 0 aliphatic heterocycles. The average molecular weight is 248 g/mol. The molecule has 0 aliphatic rings. The van der Waals surface area contributed by atoms with Gasteiger partial charge in [-0.05, 0) is 18.2 Å². The molecule has 0 bridgehead atoms. The van der Waals surface area contributed by atoms with Crippen LogP contribution in [0, 0.1) is 0 Å². The van der Waals surface area contributed by atoms with Gasteiger partial charge in [0.05, 0.1) is 21.3 Å². The van der Waals surface area contributed by atoms with Crippen molar-refractivity contribution < 1.29 is 32.3 Å². The van der Waals surface area contributed by atoms with Gasteiger partial charge in [0.2, 0.25) is 0 Å². The summed E-state index contributed by atoms with van der Waals surface area (Å²) in [5, 5.41) is 11.8. The number of aliphatic hydroxyl groups excluding tert-OH is 1. The highest BCUT2D eigenvalue weighted by Gasteiger charge is 2.15. The fourth-order valence-corrected chi connectivity index (χ4v) is 1.45. The number of aliphatic hydroxyl groups is 1. The van der Waals surface area contributed by atoms with E-state index in [2.05, 4.69) is 0 Å². The molecule has 0 heterocycles. The van der Waals surface area contributed by atoms with Crippen molar-refractivity contribution in [1.82, 2.24) is 0 Å². The molecule has 0 saturated carbocycles. The number of methoxy groups -OCH3 is 2. The van der Waals surface area contributed by atoms with E-state index in [0.717, 1.165) is 11.3 Å². The number of rotatable bonds is 5. The first-order chi connectivity index (χ1) is 7.22. The largest absolute Gasteiger partial charge is 1.00 e. The van der Waals surface area contributed by atoms with E-state index >= 15 is 0 Å². The molecule has 3 N–H and O–H groups in total. The van der Waals surface area contributed by atoms with Gasteiger partial charge < -0.3 is 32.3 Å². The number of halogens is 1. The summed E-state index contributed by atoms with van der Waals surface area (Å²) < 4.78 is 10.3. The maximum Gasteiger partial charge on any atom is 0.131 e. The summed E-state index contributed by atoms with van der Waals surface area (Å²) in [6.45, 7) is 0.601. The SMILES string of the molecule is C[NH2+]CC(O)c1cc(OC)ccc1OC.[Cl-]. The van der Waals surface area contributed by atoms with E-state index in [-0.39, 0.29) is 12.4 Å². The zero-order valence-corrected chi connectivity index (χ0v) is 10.5. The Kier molecular flexibility index (Phi) is 6.88. The molecule has 0 fully saturated rings. The second-order valence-electron chi connectivity index (χ2n) is 3.27. The highest BCUT2D eigenvalue weighted by molar-refractivity contribution is 5.41. The van der Waals surface area contributed by atoms with Crippen molar-refractivity contribution in [3.63, 3.8) is 0 Å². The van der Waals surface area contributed by atoms with Crippen molar-refractivity contribution >= 4 is 0 Å². The Labute approximate surface area is 102 Å². The van der Waals surface area contributed by atoms with Crippen molar-refractivity contribution in [3.05, 3.63) is 23.8 Å². The van der Waals surface area contributed by atoms with Gasteiger partial charge in [-0.3, -0.25) is 0 Å². The van der Waals surface area contributed by atoms with Gasteiger partial charge in [0.1, 0.15) is 24.1 Å². The molecular weight excluding hydrogens is 230 g/mol. The van der Waals surface area contributed by atoms with Crippen molar-refractivity contribution in [1.29, 1.82) is 0 Å². The standard InChI is InChI=1S/C11H17NO3.ClH/c1-12-7-10(13)9-6-8(14-2)4-5-11(9)15-3;/h4-6,10,12-13H,7H2,1-3H3;1H. The molecular formula is C11H18ClNO3. The molecule has 1 atom stereocenters. The molecule has 0 radical (unpaired) electrons. The van der Waals surface area contributed by atoms with Gasteiger partial charge in [0, 0.05) is 5.56 Å². The lowest BCUT2D eigenvalue weighted by Gasteiger charge is -2.14. The third-order valence-electron chi connectivity index (χ3n) is 2.25. The van der Waals surface area contributed by atoms with Crippen LogP contribution >= 0.6 is 0 Å². The van der Waals surface area contributed by atoms with Crippen LogP contribution < -0.4 is 27.2 Å². The number of likely N-dealkylation sites (N-methyl/N-ethyl adjacent to an activating group) is 1. The number of quaternary nitrogens is 1. The summed E-state index contributed by atoms with van der Waals surface area (Å²) >= 11 is 0. The van der Waals surface area contributed by atoms with Crippen LogP contribution in [0.4, 0.5) is 0 Å². The molecule has 92 valence electrons. The molecule has 5 heteroatoms. The number of nitrogens with two attached hydrogens (primary N) is 1. The zero-order chi connectivity index (χ0) is 11.3. The molecule has 1 unspecified atom stereocenters. The van der Waals surface area contributed by atoms with E-state index in [9.17, 15) is 5.11 Å². The Bertz CT molecular complexity index is 320. The molecule has 0 aliphatic carbocycles. The maximum atomic E-state index is 9.89. The first-order valence-corrected chi connectivity index (χ1v) is 4.90. The molecule has 16 heavy (non-hydrogen) atoms. The second kappa shape index (κ2) is 7.33. The predicted octanol–water partition coefficient (Wildman–Crippen LogP) is -3.07. The van der Waals surface area contributed by atoms with Crippen molar-refractivity contribution in [2.45, 2.75) is 6.10 Å². The Morgan fingerprint density at radius 1 is 1.31 bits per heavy atom. The summed E-state index contributed by atoms with van der Waals surface area (Å²) in [5.41, 5.74) is 0.759. The Morgan fingerprint density at radius 2 is 2.00 bits per heavy atom. The minimum atomic E-state index is -0.542. The summed E-state index contributed by atoms with van der Waals surface area (Å²) in [6.07, 6.45) is -0.542. The van der Waals surface area contributed by atoms with Gasteiger partial charge in [-0.25, -0.2) is 0 Å². The topological polar surface area (TPSA) is 55.3 Å². The van der Waals surface area contributed by atoms with E-state index in [4.69, 9.17) is 9.47 Å². The van der Waals surface area contributed by atoms with Crippen LogP contribution in [0.2, 0.25) is 0 Å². The number of ether oxygens (including phenoxy) is 2. The van der Waals surface area contributed by atoms with E-state index in [1.807, 2.05) is 18.4 Å². The quantitative estimate of drug-likeness (QED) is 0.581. The monoisotopic (exact) mass is 247 g/mol. The Hall–Kier alpha value is -0.970. The Balaban J connectivity index is 0.00000225. The smallest absolute Gasteiger partial charge is 0.131 e. The average Bonchev–Trinajstić information content (AvgIpc) is 2.28. The fraction of sp³-hybridized carbons (Fsp3) is 0.455. The van der Waals surface area contributed by atoms with Gasteiger partial charge >= 0.3 is 0 Å².